The fourth-order valence-electron chi connectivity index (χ4n) is 3.27. The highest BCUT2D eigenvalue weighted by Gasteiger charge is 2.17. The molecule has 0 spiro atoms. The number of rotatable bonds is 10. The molecule has 0 heterocycles. The first-order valence-corrected chi connectivity index (χ1v) is 9.59. The van der Waals surface area contributed by atoms with Crippen LogP contribution in [0.4, 0.5) is 0 Å². The van der Waals surface area contributed by atoms with E-state index in [4.69, 9.17) is 9.47 Å². The number of para-hydroxylation sites is 1. The summed E-state index contributed by atoms with van der Waals surface area (Å²) in [5, 5.41) is 0. The van der Waals surface area contributed by atoms with Gasteiger partial charge in [-0.15, -0.1) is 0 Å². The zero-order chi connectivity index (χ0) is 18.1. The maximum absolute atomic E-state index is 6.33. The maximum atomic E-state index is 6.33. The van der Waals surface area contributed by atoms with Crippen LogP contribution in [-0.2, 0) is 12.8 Å². The Labute approximate surface area is 153 Å². The van der Waals surface area contributed by atoms with E-state index in [0.717, 1.165) is 48.5 Å². The molecule has 0 saturated heterocycles. The third-order valence-electron chi connectivity index (χ3n) is 4.65. The Bertz CT molecular complexity index is 661. The van der Waals surface area contributed by atoms with Gasteiger partial charge in [-0.05, 0) is 30.4 Å². The first kappa shape index (κ1) is 19.4. The summed E-state index contributed by atoms with van der Waals surface area (Å²) in [7, 11) is 1.70. The van der Waals surface area contributed by atoms with Gasteiger partial charge in [-0.25, -0.2) is 0 Å². The van der Waals surface area contributed by atoms with Crippen molar-refractivity contribution >= 4 is 0 Å². The molecule has 0 aliphatic carbocycles. The van der Waals surface area contributed by atoms with E-state index in [1.54, 1.807) is 7.11 Å². The molecule has 2 rings (SSSR count). The molecular weight excluding hydrogens is 308 g/mol. The van der Waals surface area contributed by atoms with Crippen LogP contribution in [0.25, 0.3) is 11.1 Å². The number of unbranched alkanes of at least 4 members (excludes halogenated alkanes) is 3. The first-order valence-electron chi connectivity index (χ1n) is 9.59. The summed E-state index contributed by atoms with van der Waals surface area (Å²) in [4.78, 5) is 0. The van der Waals surface area contributed by atoms with E-state index >= 15 is 0 Å². The molecule has 1 radical (unpaired) electrons. The van der Waals surface area contributed by atoms with Crippen molar-refractivity contribution in [3.05, 3.63) is 47.5 Å². The second kappa shape index (κ2) is 10.1. The van der Waals surface area contributed by atoms with Gasteiger partial charge in [0.1, 0.15) is 11.5 Å². The number of hydrogen-bond acceptors (Lipinski definition) is 2. The Hall–Kier alpha value is -1.96. The van der Waals surface area contributed by atoms with Gasteiger partial charge in [0.2, 0.25) is 0 Å². The van der Waals surface area contributed by atoms with Gasteiger partial charge in [-0.3, -0.25) is 0 Å². The molecule has 0 atom stereocenters. The van der Waals surface area contributed by atoms with Crippen LogP contribution in [0.1, 0.15) is 57.6 Å². The monoisotopic (exact) mass is 339 g/mol. The summed E-state index contributed by atoms with van der Waals surface area (Å²) in [5.41, 5.74) is 4.85. The highest BCUT2D eigenvalue weighted by Crippen LogP contribution is 2.40. The summed E-state index contributed by atoms with van der Waals surface area (Å²) in [6.07, 6.45) is 6.84. The van der Waals surface area contributed by atoms with Crippen LogP contribution >= 0.6 is 0 Å². The minimum Gasteiger partial charge on any atom is -0.495 e. The number of ether oxygens (including phenoxy) is 2. The van der Waals surface area contributed by atoms with Gasteiger partial charge in [0.25, 0.3) is 0 Å². The molecule has 0 unspecified atom stereocenters. The second-order valence-corrected chi connectivity index (χ2v) is 6.31. The predicted molar refractivity (Wildman–Crippen MR) is 106 cm³/mol. The van der Waals surface area contributed by atoms with Crippen LogP contribution in [0.5, 0.6) is 11.5 Å². The summed E-state index contributed by atoms with van der Waals surface area (Å²) in [6, 6.07) is 13.6. The normalized spacial score (nSPS) is 10.7. The van der Waals surface area contributed by atoms with Crippen molar-refractivity contribution in [3.63, 3.8) is 0 Å². The third-order valence-corrected chi connectivity index (χ3v) is 4.65. The molecule has 2 nitrogen and oxygen atoms in total. The Morgan fingerprint density at radius 2 is 1.76 bits per heavy atom. The lowest BCUT2D eigenvalue weighted by molar-refractivity contribution is 0.303. The lowest BCUT2D eigenvalue weighted by atomic mass is 9.94. The fraction of sp³-hybridized carbons (Fsp3) is 0.478. The van der Waals surface area contributed by atoms with Gasteiger partial charge in [0.15, 0.2) is 0 Å². The molecule has 0 bridgehead atoms. The number of aryl methyl sites for hydroxylation is 1. The van der Waals surface area contributed by atoms with Crippen LogP contribution in [0, 0.1) is 6.07 Å². The Balaban J connectivity index is 2.41. The second-order valence-electron chi connectivity index (χ2n) is 6.31. The first-order chi connectivity index (χ1) is 12.3. The molecule has 2 aromatic carbocycles. The maximum Gasteiger partial charge on any atom is 0.134 e. The van der Waals surface area contributed by atoms with Crippen molar-refractivity contribution in [3.8, 4) is 22.6 Å². The Morgan fingerprint density at radius 1 is 0.920 bits per heavy atom. The van der Waals surface area contributed by atoms with Crippen LogP contribution < -0.4 is 9.47 Å². The summed E-state index contributed by atoms with van der Waals surface area (Å²) in [5.74, 6) is 1.79. The Morgan fingerprint density at radius 3 is 2.44 bits per heavy atom. The van der Waals surface area contributed by atoms with E-state index in [9.17, 15) is 0 Å². The average Bonchev–Trinajstić information content (AvgIpc) is 2.67. The zero-order valence-electron chi connectivity index (χ0n) is 16.2. The molecule has 2 aromatic rings. The lowest BCUT2D eigenvalue weighted by Gasteiger charge is -2.19. The molecule has 0 saturated carbocycles. The molecule has 25 heavy (non-hydrogen) atoms. The van der Waals surface area contributed by atoms with Crippen molar-refractivity contribution in [1.82, 2.24) is 0 Å². The van der Waals surface area contributed by atoms with Crippen molar-refractivity contribution in [2.45, 2.75) is 59.3 Å². The summed E-state index contributed by atoms with van der Waals surface area (Å²) >= 11 is 0. The van der Waals surface area contributed by atoms with Gasteiger partial charge in [0, 0.05) is 17.2 Å². The van der Waals surface area contributed by atoms with E-state index < -0.39 is 0 Å². The molecule has 0 aliphatic rings. The fourth-order valence-corrected chi connectivity index (χ4v) is 3.27. The summed E-state index contributed by atoms with van der Waals surface area (Å²) < 4.78 is 11.9. The van der Waals surface area contributed by atoms with Crippen LogP contribution in [-0.4, -0.2) is 13.7 Å². The van der Waals surface area contributed by atoms with E-state index in [0.29, 0.717) is 0 Å². The van der Waals surface area contributed by atoms with Crippen molar-refractivity contribution in [1.29, 1.82) is 0 Å². The minimum atomic E-state index is 0.768. The highest BCUT2D eigenvalue weighted by molar-refractivity contribution is 5.77. The third kappa shape index (κ3) is 4.78. The van der Waals surface area contributed by atoms with Crippen LogP contribution in [0.2, 0.25) is 0 Å². The smallest absolute Gasteiger partial charge is 0.134 e. The van der Waals surface area contributed by atoms with Crippen LogP contribution in [0.15, 0.2) is 30.3 Å². The zero-order valence-corrected chi connectivity index (χ0v) is 16.2. The summed E-state index contributed by atoms with van der Waals surface area (Å²) in [6.45, 7) is 7.41. The van der Waals surface area contributed by atoms with Gasteiger partial charge in [-0.2, -0.15) is 0 Å². The Kier molecular flexibility index (Phi) is 7.84. The molecule has 0 fully saturated rings. The van der Waals surface area contributed by atoms with Crippen LogP contribution in [0.3, 0.4) is 0 Å². The SMILES string of the molecule is CCCCCCOc1c(-c2ccc[c]c2OC)ccc(CC)c1CC. The topological polar surface area (TPSA) is 18.5 Å². The highest BCUT2D eigenvalue weighted by atomic mass is 16.5. The van der Waals surface area contributed by atoms with E-state index in [1.165, 1.54) is 30.4 Å². The number of methoxy groups -OCH3 is 1. The van der Waals surface area contributed by atoms with Gasteiger partial charge in [0.05, 0.1) is 13.7 Å². The van der Waals surface area contributed by atoms with E-state index in [1.807, 2.05) is 12.1 Å². The average molecular weight is 339 g/mol. The lowest BCUT2D eigenvalue weighted by Crippen LogP contribution is -2.05. The molecule has 2 heteroatoms. The van der Waals surface area contributed by atoms with E-state index in [2.05, 4.69) is 45.0 Å². The molecule has 0 N–H and O–H groups in total. The van der Waals surface area contributed by atoms with Gasteiger partial charge >= 0.3 is 0 Å². The van der Waals surface area contributed by atoms with E-state index in [-0.39, 0.29) is 0 Å². The minimum absolute atomic E-state index is 0.768. The predicted octanol–water partition coefficient (Wildman–Crippen LogP) is 6.25. The standard InChI is InChI=1S/C23H31O2/c1-5-8-9-12-17-25-23-19(7-3)18(6-2)15-16-21(23)20-13-10-11-14-22(20)24-4/h10-11,13,15-16H,5-9,12,17H2,1-4H3. The molecular formula is C23H31O2. The largest absolute Gasteiger partial charge is 0.495 e. The van der Waals surface area contributed by atoms with Gasteiger partial charge in [-0.1, -0.05) is 70.4 Å². The number of hydrogen-bond donors (Lipinski definition) is 0. The van der Waals surface area contributed by atoms with Crippen molar-refractivity contribution in [2.75, 3.05) is 13.7 Å². The molecule has 135 valence electrons. The van der Waals surface area contributed by atoms with Gasteiger partial charge < -0.3 is 9.47 Å². The number of benzene rings is 2. The van der Waals surface area contributed by atoms with Crippen molar-refractivity contribution in [2.24, 2.45) is 0 Å². The molecule has 0 aromatic heterocycles. The molecule has 0 aliphatic heterocycles. The quantitative estimate of drug-likeness (QED) is 0.477. The van der Waals surface area contributed by atoms with Crippen molar-refractivity contribution < 1.29 is 9.47 Å². The molecule has 0 amide bonds.